The number of aliphatic carboxylic acids is 1. The zero-order valence-corrected chi connectivity index (χ0v) is 12.5. The van der Waals surface area contributed by atoms with E-state index in [4.69, 9.17) is 9.84 Å². The third kappa shape index (κ3) is 3.65. The lowest BCUT2D eigenvalue weighted by Crippen LogP contribution is -2.46. The van der Waals surface area contributed by atoms with Gasteiger partial charge in [0.25, 0.3) is 5.91 Å². The fourth-order valence-corrected chi connectivity index (χ4v) is 2.81. The first-order valence-corrected chi connectivity index (χ1v) is 7.76. The summed E-state index contributed by atoms with van der Waals surface area (Å²) in [5.74, 6) is -0.574. The van der Waals surface area contributed by atoms with Gasteiger partial charge in [-0.1, -0.05) is 0 Å². The molecule has 0 radical (unpaired) electrons. The van der Waals surface area contributed by atoms with Crippen molar-refractivity contribution in [3.8, 4) is 0 Å². The fourth-order valence-electron chi connectivity index (χ4n) is 2.81. The highest BCUT2D eigenvalue weighted by Crippen LogP contribution is 2.30. The van der Waals surface area contributed by atoms with Gasteiger partial charge in [-0.3, -0.25) is 14.3 Å². The van der Waals surface area contributed by atoms with Gasteiger partial charge in [0.1, 0.15) is 6.54 Å². The molecule has 0 bridgehead atoms. The van der Waals surface area contributed by atoms with E-state index in [0.29, 0.717) is 37.5 Å². The lowest BCUT2D eigenvalue weighted by Gasteiger charge is -2.32. The topological polar surface area (TPSA) is 84.7 Å². The van der Waals surface area contributed by atoms with E-state index < -0.39 is 5.97 Å². The van der Waals surface area contributed by atoms with Gasteiger partial charge >= 0.3 is 5.97 Å². The summed E-state index contributed by atoms with van der Waals surface area (Å²) in [5.41, 5.74) is 0.466. The van der Waals surface area contributed by atoms with E-state index in [0.717, 1.165) is 6.54 Å². The number of aromatic nitrogens is 2. The van der Waals surface area contributed by atoms with Gasteiger partial charge in [0.15, 0.2) is 0 Å². The number of carboxylic acid groups (broad SMARTS) is 1. The Morgan fingerprint density at radius 2 is 2.05 bits per heavy atom. The van der Waals surface area contributed by atoms with E-state index in [1.807, 2.05) is 0 Å². The van der Waals surface area contributed by atoms with Crippen molar-refractivity contribution in [3.05, 3.63) is 18.0 Å². The number of nitrogens with zero attached hydrogens (tertiary/aromatic N) is 3. The standard InChI is InChI=1S/C15H21N3O4/c19-14(20)10-18(13-3-5-22-6-4-13)15(21)12-7-16-17(9-12)8-11-1-2-11/h7,9,11,13H,1-6,8,10H2,(H,19,20). The van der Waals surface area contributed by atoms with Crippen molar-refractivity contribution in [2.24, 2.45) is 5.92 Å². The Labute approximate surface area is 128 Å². The SMILES string of the molecule is O=C(O)CN(C(=O)c1cnn(CC2CC2)c1)C1CCOCC1. The molecule has 1 aromatic heterocycles. The van der Waals surface area contributed by atoms with Crippen molar-refractivity contribution in [1.29, 1.82) is 0 Å². The number of hydrogen-bond donors (Lipinski definition) is 1. The maximum absolute atomic E-state index is 12.7. The number of carbonyl (C=O) groups is 2. The highest BCUT2D eigenvalue weighted by atomic mass is 16.5. The molecule has 1 amide bonds. The van der Waals surface area contributed by atoms with Crippen molar-refractivity contribution in [2.75, 3.05) is 19.8 Å². The zero-order chi connectivity index (χ0) is 15.5. The molecule has 1 aliphatic heterocycles. The van der Waals surface area contributed by atoms with E-state index in [9.17, 15) is 9.59 Å². The Morgan fingerprint density at radius 1 is 1.32 bits per heavy atom. The highest BCUT2D eigenvalue weighted by molar-refractivity contribution is 5.95. The maximum atomic E-state index is 12.7. The van der Waals surface area contributed by atoms with Crippen molar-refractivity contribution in [2.45, 2.75) is 38.3 Å². The summed E-state index contributed by atoms with van der Waals surface area (Å²) in [4.78, 5) is 25.2. The summed E-state index contributed by atoms with van der Waals surface area (Å²) >= 11 is 0. The number of amides is 1. The first-order chi connectivity index (χ1) is 10.6. The van der Waals surface area contributed by atoms with E-state index in [1.54, 1.807) is 17.1 Å². The quantitative estimate of drug-likeness (QED) is 0.847. The molecule has 1 saturated heterocycles. The van der Waals surface area contributed by atoms with Gasteiger partial charge < -0.3 is 14.7 Å². The summed E-state index contributed by atoms with van der Waals surface area (Å²) < 4.78 is 7.08. The highest BCUT2D eigenvalue weighted by Gasteiger charge is 2.29. The molecule has 1 aliphatic carbocycles. The molecule has 7 nitrogen and oxygen atoms in total. The first kappa shape index (κ1) is 15.0. The van der Waals surface area contributed by atoms with Crippen LogP contribution in [0.5, 0.6) is 0 Å². The van der Waals surface area contributed by atoms with Crippen LogP contribution in [0.2, 0.25) is 0 Å². The average molecular weight is 307 g/mol. The molecular formula is C15H21N3O4. The summed E-state index contributed by atoms with van der Waals surface area (Å²) in [5, 5.41) is 13.3. The van der Waals surface area contributed by atoms with Crippen molar-refractivity contribution < 1.29 is 19.4 Å². The van der Waals surface area contributed by atoms with Gasteiger partial charge in [-0.05, 0) is 31.6 Å². The van der Waals surface area contributed by atoms with Crippen molar-refractivity contribution >= 4 is 11.9 Å². The first-order valence-electron chi connectivity index (χ1n) is 7.76. The lowest BCUT2D eigenvalue weighted by molar-refractivity contribution is -0.138. The second kappa shape index (κ2) is 6.48. The summed E-state index contributed by atoms with van der Waals surface area (Å²) in [6, 6.07) is -0.0795. The number of carboxylic acids is 1. The van der Waals surface area contributed by atoms with Gasteiger partial charge in [-0.25, -0.2) is 0 Å². The maximum Gasteiger partial charge on any atom is 0.323 e. The third-order valence-electron chi connectivity index (χ3n) is 4.22. The molecule has 1 aromatic rings. The summed E-state index contributed by atoms with van der Waals surface area (Å²) in [6.07, 6.45) is 7.06. The smallest absolute Gasteiger partial charge is 0.323 e. The zero-order valence-electron chi connectivity index (χ0n) is 12.5. The van der Waals surface area contributed by atoms with E-state index >= 15 is 0 Å². The molecule has 2 aliphatic rings. The minimum Gasteiger partial charge on any atom is -0.480 e. The molecule has 22 heavy (non-hydrogen) atoms. The van der Waals surface area contributed by atoms with Gasteiger partial charge in [0, 0.05) is 32.0 Å². The lowest BCUT2D eigenvalue weighted by atomic mass is 10.1. The Balaban J connectivity index is 1.71. The minimum atomic E-state index is -0.995. The number of hydrogen-bond acceptors (Lipinski definition) is 4. The van der Waals surface area contributed by atoms with E-state index in [-0.39, 0.29) is 18.5 Å². The Kier molecular flexibility index (Phi) is 4.42. The molecule has 7 heteroatoms. The van der Waals surface area contributed by atoms with Crippen LogP contribution in [0.4, 0.5) is 0 Å². The van der Waals surface area contributed by atoms with Crippen molar-refractivity contribution in [1.82, 2.24) is 14.7 Å². The second-order valence-corrected chi connectivity index (χ2v) is 6.06. The van der Waals surface area contributed by atoms with E-state index in [2.05, 4.69) is 5.10 Å². The number of rotatable bonds is 6. The van der Waals surface area contributed by atoms with Crippen LogP contribution in [-0.4, -0.2) is 57.5 Å². The van der Waals surface area contributed by atoms with Gasteiger partial charge in [-0.15, -0.1) is 0 Å². The molecule has 3 rings (SSSR count). The van der Waals surface area contributed by atoms with Crippen LogP contribution >= 0.6 is 0 Å². The number of carbonyl (C=O) groups excluding carboxylic acids is 1. The normalized spacial score (nSPS) is 19.1. The van der Waals surface area contributed by atoms with Crippen LogP contribution in [-0.2, 0) is 16.1 Å². The molecule has 2 fully saturated rings. The van der Waals surface area contributed by atoms with Gasteiger partial charge in [0.2, 0.25) is 0 Å². The van der Waals surface area contributed by atoms with Crippen LogP contribution in [0.25, 0.3) is 0 Å². The molecule has 120 valence electrons. The minimum absolute atomic E-state index is 0.0795. The monoisotopic (exact) mass is 307 g/mol. The van der Waals surface area contributed by atoms with Crippen molar-refractivity contribution in [3.63, 3.8) is 0 Å². The molecule has 1 saturated carbocycles. The number of ether oxygens (including phenoxy) is 1. The Bertz CT molecular complexity index is 547. The molecule has 2 heterocycles. The Hall–Kier alpha value is -1.89. The van der Waals surface area contributed by atoms with Crippen LogP contribution in [0, 0.1) is 5.92 Å². The van der Waals surface area contributed by atoms with Gasteiger partial charge in [-0.2, -0.15) is 5.10 Å². The van der Waals surface area contributed by atoms with Gasteiger partial charge in [0.05, 0.1) is 11.8 Å². The predicted octanol–water partition coefficient (Wildman–Crippen LogP) is 0.999. The third-order valence-corrected chi connectivity index (χ3v) is 4.22. The largest absolute Gasteiger partial charge is 0.480 e. The summed E-state index contributed by atoms with van der Waals surface area (Å²) in [7, 11) is 0. The predicted molar refractivity (Wildman–Crippen MR) is 77.5 cm³/mol. The molecule has 1 N–H and O–H groups in total. The van der Waals surface area contributed by atoms with E-state index in [1.165, 1.54) is 17.7 Å². The molecule has 0 spiro atoms. The molecule has 0 atom stereocenters. The van der Waals surface area contributed by atoms with Crippen LogP contribution < -0.4 is 0 Å². The van der Waals surface area contributed by atoms with Crippen LogP contribution in [0.1, 0.15) is 36.0 Å². The second-order valence-electron chi connectivity index (χ2n) is 6.06. The fraction of sp³-hybridized carbons (Fsp3) is 0.667. The summed E-state index contributed by atoms with van der Waals surface area (Å²) in [6.45, 7) is 1.69. The average Bonchev–Trinajstić information content (AvgIpc) is 3.20. The molecule has 0 aromatic carbocycles. The molecular weight excluding hydrogens is 286 g/mol. The van der Waals surface area contributed by atoms with Crippen LogP contribution in [0.3, 0.4) is 0 Å². The Morgan fingerprint density at radius 3 is 2.68 bits per heavy atom. The molecule has 0 unspecified atom stereocenters. The van der Waals surface area contributed by atoms with Crippen LogP contribution in [0.15, 0.2) is 12.4 Å².